The fraction of sp³-hybridized carbons (Fsp3) is 0.720. The summed E-state index contributed by atoms with van der Waals surface area (Å²) in [5.74, 6) is -0.181. The Kier molecular flexibility index (Phi) is 8.67. The molecule has 1 saturated heterocycles. The van der Waals surface area contributed by atoms with Gasteiger partial charge in [-0.25, -0.2) is 4.79 Å². The lowest BCUT2D eigenvalue weighted by molar-refractivity contribution is -0.0412. The van der Waals surface area contributed by atoms with Gasteiger partial charge >= 0.3 is 5.69 Å². The van der Waals surface area contributed by atoms with Crippen molar-refractivity contribution in [2.24, 2.45) is 0 Å². The standard InChI is InChI=1S/C25H43N3O5Si2/c1-17(29)18(15-26)19-12-13-28(23(30)27-19)22-14-20(33-35(10,11)25(5,6)7)21(32-22)16-31-34(8,9)24(2,3)4/h12-13,20-22,29H,14,16H2,1-11H3/b18-17-/t20-,21+,22+/m0/s1. The summed E-state index contributed by atoms with van der Waals surface area (Å²) in [5.41, 5.74) is -0.432. The number of nitriles is 1. The number of hydrogen-bond donors (Lipinski definition) is 1. The van der Waals surface area contributed by atoms with E-state index in [1.807, 2.05) is 6.07 Å². The summed E-state index contributed by atoms with van der Waals surface area (Å²) in [4.78, 5) is 16.9. The van der Waals surface area contributed by atoms with Crippen molar-refractivity contribution in [1.29, 1.82) is 5.26 Å². The molecule has 0 aromatic carbocycles. The molecule has 1 aliphatic rings. The summed E-state index contributed by atoms with van der Waals surface area (Å²) in [6, 6.07) is 3.44. The van der Waals surface area contributed by atoms with Crippen molar-refractivity contribution in [2.45, 2.75) is 110 Å². The number of allylic oxidation sites excluding steroid dienone is 2. The topological polar surface area (TPSA) is 107 Å². The zero-order valence-corrected chi connectivity index (χ0v) is 25.2. The maximum absolute atomic E-state index is 12.9. The highest BCUT2D eigenvalue weighted by Gasteiger charge is 2.46. The Balaban J connectivity index is 2.36. The van der Waals surface area contributed by atoms with Gasteiger partial charge in [-0.05, 0) is 49.3 Å². The van der Waals surface area contributed by atoms with Crippen LogP contribution in [-0.4, -0.2) is 50.1 Å². The van der Waals surface area contributed by atoms with Crippen LogP contribution in [0.1, 0.15) is 66.8 Å². The Bertz CT molecular complexity index is 1040. The molecule has 10 heteroatoms. The molecule has 1 aliphatic heterocycles. The van der Waals surface area contributed by atoms with Gasteiger partial charge in [0.05, 0.1) is 18.4 Å². The molecule has 1 aromatic heterocycles. The van der Waals surface area contributed by atoms with Gasteiger partial charge in [0.1, 0.15) is 29.7 Å². The molecule has 8 nitrogen and oxygen atoms in total. The van der Waals surface area contributed by atoms with Crippen molar-refractivity contribution in [1.82, 2.24) is 9.55 Å². The van der Waals surface area contributed by atoms with E-state index in [2.05, 4.69) is 72.7 Å². The van der Waals surface area contributed by atoms with E-state index in [0.29, 0.717) is 13.0 Å². The first-order valence-electron chi connectivity index (χ1n) is 12.2. The number of aliphatic hydroxyl groups excluding tert-OH is 1. The fourth-order valence-electron chi connectivity index (χ4n) is 3.30. The summed E-state index contributed by atoms with van der Waals surface area (Å²) in [6.07, 6.45) is 0.974. The largest absolute Gasteiger partial charge is 0.511 e. The van der Waals surface area contributed by atoms with Gasteiger partial charge in [0.2, 0.25) is 0 Å². The van der Waals surface area contributed by atoms with E-state index in [0.717, 1.165) is 0 Å². The summed E-state index contributed by atoms with van der Waals surface area (Å²) in [7, 11) is -4.12. The molecule has 0 aliphatic carbocycles. The van der Waals surface area contributed by atoms with Crippen LogP contribution in [0.25, 0.3) is 5.57 Å². The predicted molar refractivity (Wildman–Crippen MR) is 143 cm³/mol. The van der Waals surface area contributed by atoms with Crippen molar-refractivity contribution < 1.29 is 18.7 Å². The van der Waals surface area contributed by atoms with Gasteiger partial charge in [0, 0.05) is 12.6 Å². The Hall–Kier alpha value is -1.78. The van der Waals surface area contributed by atoms with Crippen LogP contribution in [0, 0.1) is 11.3 Å². The van der Waals surface area contributed by atoms with Gasteiger partial charge < -0.3 is 18.7 Å². The number of rotatable bonds is 7. The van der Waals surface area contributed by atoms with Crippen LogP contribution in [0.5, 0.6) is 0 Å². The molecule has 196 valence electrons. The summed E-state index contributed by atoms with van der Waals surface area (Å²) in [6.45, 7) is 23.8. The third kappa shape index (κ3) is 6.71. The van der Waals surface area contributed by atoms with Crippen LogP contribution >= 0.6 is 0 Å². The minimum atomic E-state index is -2.11. The fourth-order valence-corrected chi connectivity index (χ4v) is 5.67. The molecular formula is C25H43N3O5Si2. The third-order valence-electron chi connectivity index (χ3n) is 7.72. The van der Waals surface area contributed by atoms with Gasteiger partial charge in [0.25, 0.3) is 0 Å². The normalized spacial score (nSPS) is 22.6. The van der Waals surface area contributed by atoms with Crippen molar-refractivity contribution in [3.05, 3.63) is 34.2 Å². The second-order valence-corrected chi connectivity index (χ2v) is 22.0. The summed E-state index contributed by atoms with van der Waals surface area (Å²) >= 11 is 0. The third-order valence-corrected chi connectivity index (χ3v) is 16.7. The molecule has 35 heavy (non-hydrogen) atoms. The molecule has 0 amide bonds. The second kappa shape index (κ2) is 10.3. The lowest BCUT2D eigenvalue weighted by Gasteiger charge is -2.40. The molecule has 0 spiro atoms. The molecular weight excluding hydrogens is 478 g/mol. The molecule has 0 radical (unpaired) electrons. The van der Waals surface area contributed by atoms with Gasteiger partial charge in [-0.1, -0.05) is 41.5 Å². The SMILES string of the molecule is C/C(O)=C(\C#N)c1ccn([C@H]2C[C@H](O[Si](C)(C)C(C)(C)C)[C@@H](CO[Si](C)(C)C(C)(C)C)O2)c(=O)n1. The first-order valence-corrected chi connectivity index (χ1v) is 18.0. The van der Waals surface area contributed by atoms with E-state index >= 15 is 0 Å². The number of nitrogens with zero attached hydrogens (tertiary/aromatic N) is 3. The maximum atomic E-state index is 12.9. The van der Waals surface area contributed by atoms with Crippen LogP contribution in [0.3, 0.4) is 0 Å². The molecule has 2 rings (SSSR count). The van der Waals surface area contributed by atoms with E-state index in [-0.39, 0.29) is 39.3 Å². The lowest BCUT2D eigenvalue weighted by atomic mass is 10.1. The zero-order chi connectivity index (χ0) is 27.0. The van der Waals surface area contributed by atoms with Gasteiger partial charge in [-0.15, -0.1) is 0 Å². The second-order valence-electron chi connectivity index (χ2n) is 12.4. The highest BCUT2D eigenvalue weighted by molar-refractivity contribution is 6.74. The van der Waals surface area contributed by atoms with E-state index < -0.39 is 28.6 Å². The van der Waals surface area contributed by atoms with Crippen LogP contribution in [0.15, 0.2) is 22.8 Å². The summed E-state index contributed by atoms with van der Waals surface area (Å²) < 4.78 is 21.1. The van der Waals surface area contributed by atoms with Gasteiger partial charge in [-0.2, -0.15) is 10.2 Å². The van der Waals surface area contributed by atoms with E-state index in [1.54, 1.807) is 12.3 Å². The molecule has 0 saturated carbocycles. The average molecular weight is 522 g/mol. The molecule has 3 atom stereocenters. The molecule has 1 aromatic rings. The quantitative estimate of drug-likeness (QED) is 0.276. The maximum Gasteiger partial charge on any atom is 0.350 e. The molecule has 1 fully saturated rings. The molecule has 0 bridgehead atoms. The van der Waals surface area contributed by atoms with Crippen molar-refractivity contribution in [3.8, 4) is 6.07 Å². The van der Waals surface area contributed by atoms with E-state index in [9.17, 15) is 15.2 Å². The first kappa shape index (κ1) is 29.5. The molecule has 2 heterocycles. The number of aliphatic hydroxyl groups is 1. The molecule has 1 N–H and O–H groups in total. The van der Waals surface area contributed by atoms with Crippen molar-refractivity contribution >= 4 is 22.2 Å². The van der Waals surface area contributed by atoms with Crippen LogP contribution in [-0.2, 0) is 13.6 Å². The Morgan fingerprint density at radius 3 is 2.23 bits per heavy atom. The minimum Gasteiger partial charge on any atom is -0.511 e. The monoisotopic (exact) mass is 521 g/mol. The Morgan fingerprint density at radius 2 is 1.77 bits per heavy atom. The number of aromatic nitrogens is 2. The van der Waals surface area contributed by atoms with Crippen LogP contribution in [0.2, 0.25) is 36.3 Å². The molecule has 0 unspecified atom stereocenters. The minimum absolute atomic E-state index is 0.0259. The average Bonchev–Trinajstić information content (AvgIpc) is 3.06. The Morgan fingerprint density at radius 1 is 1.20 bits per heavy atom. The highest BCUT2D eigenvalue weighted by Crippen LogP contribution is 2.42. The number of hydrogen-bond acceptors (Lipinski definition) is 7. The Labute approximate surface area is 212 Å². The summed E-state index contributed by atoms with van der Waals surface area (Å²) in [5, 5.41) is 19.1. The predicted octanol–water partition coefficient (Wildman–Crippen LogP) is 5.76. The number of ether oxygens (including phenoxy) is 1. The van der Waals surface area contributed by atoms with Crippen molar-refractivity contribution in [3.63, 3.8) is 0 Å². The van der Waals surface area contributed by atoms with Gasteiger partial charge in [0.15, 0.2) is 16.6 Å². The van der Waals surface area contributed by atoms with Crippen LogP contribution < -0.4 is 5.69 Å². The van der Waals surface area contributed by atoms with E-state index in [4.69, 9.17) is 13.6 Å². The van der Waals surface area contributed by atoms with Gasteiger partial charge in [-0.3, -0.25) is 4.57 Å². The highest BCUT2D eigenvalue weighted by atomic mass is 28.4. The lowest BCUT2D eigenvalue weighted by Crippen LogP contribution is -2.48. The van der Waals surface area contributed by atoms with Crippen molar-refractivity contribution in [2.75, 3.05) is 6.61 Å². The first-order chi connectivity index (χ1) is 15.8. The van der Waals surface area contributed by atoms with E-state index in [1.165, 1.54) is 11.5 Å². The zero-order valence-electron chi connectivity index (χ0n) is 23.2. The smallest absolute Gasteiger partial charge is 0.350 e. The van der Waals surface area contributed by atoms with Crippen LogP contribution in [0.4, 0.5) is 0 Å².